The number of hydrogen-bond acceptors (Lipinski definition) is 4. The van der Waals surface area contributed by atoms with E-state index in [9.17, 15) is 22.8 Å². The molecule has 0 aliphatic rings. The normalized spacial score (nSPS) is 10.3. The highest BCUT2D eigenvalue weighted by Crippen LogP contribution is 2.15. The summed E-state index contributed by atoms with van der Waals surface area (Å²) in [4.78, 5) is 27.1. The van der Waals surface area contributed by atoms with E-state index in [1.54, 1.807) is 0 Å². The Morgan fingerprint density at radius 3 is 2.61 bits per heavy atom. The van der Waals surface area contributed by atoms with Crippen LogP contribution in [0.15, 0.2) is 30.5 Å². The van der Waals surface area contributed by atoms with Gasteiger partial charge in [-0.3, -0.25) is 9.78 Å². The van der Waals surface area contributed by atoms with Gasteiger partial charge in [0, 0.05) is 6.20 Å². The van der Waals surface area contributed by atoms with Gasteiger partial charge >= 0.3 is 5.97 Å². The molecule has 5 nitrogen and oxygen atoms in total. The van der Waals surface area contributed by atoms with Gasteiger partial charge in [0.1, 0.15) is 0 Å². The second kappa shape index (κ2) is 6.91. The molecule has 1 heterocycles. The molecule has 1 aromatic heterocycles. The van der Waals surface area contributed by atoms with Crippen LogP contribution in [0.3, 0.4) is 0 Å². The second-order valence-corrected chi connectivity index (χ2v) is 4.43. The van der Waals surface area contributed by atoms with Crippen molar-refractivity contribution in [3.63, 3.8) is 0 Å². The van der Waals surface area contributed by atoms with E-state index in [0.29, 0.717) is 11.8 Å². The van der Waals surface area contributed by atoms with Gasteiger partial charge in [0.15, 0.2) is 17.5 Å². The number of carbonyl (C=O) groups is 2. The van der Waals surface area contributed by atoms with Gasteiger partial charge in [-0.05, 0) is 24.3 Å². The average Bonchev–Trinajstić information content (AvgIpc) is 2.57. The van der Waals surface area contributed by atoms with E-state index in [1.165, 1.54) is 25.4 Å². The van der Waals surface area contributed by atoms with Crippen molar-refractivity contribution < 1.29 is 27.5 Å². The minimum Gasteiger partial charge on any atom is -0.465 e. The number of nitrogens with one attached hydrogen (secondary N) is 1. The fraction of sp³-hybridized carbons (Fsp3) is 0.133. The summed E-state index contributed by atoms with van der Waals surface area (Å²) in [6, 6.07) is 4.30. The van der Waals surface area contributed by atoms with Crippen molar-refractivity contribution in [1.82, 2.24) is 10.3 Å². The Hall–Kier alpha value is -2.90. The van der Waals surface area contributed by atoms with E-state index in [-0.39, 0.29) is 12.1 Å². The van der Waals surface area contributed by atoms with Crippen LogP contribution in [0.2, 0.25) is 0 Å². The summed E-state index contributed by atoms with van der Waals surface area (Å²) in [6.07, 6.45) is 1.34. The number of ether oxygens (including phenoxy) is 1. The number of aromatic nitrogens is 1. The molecular weight excluding hydrogens is 313 g/mol. The van der Waals surface area contributed by atoms with E-state index in [1.807, 2.05) is 0 Å². The molecule has 0 fully saturated rings. The highest BCUT2D eigenvalue weighted by molar-refractivity contribution is 5.94. The first-order valence-corrected chi connectivity index (χ1v) is 6.39. The molecule has 2 rings (SSSR count). The highest BCUT2D eigenvalue weighted by atomic mass is 19.2. The number of hydrogen-bond donors (Lipinski definition) is 1. The minimum absolute atomic E-state index is 0.137. The Bertz CT molecular complexity index is 766. The summed E-state index contributed by atoms with van der Waals surface area (Å²) >= 11 is 0. The number of rotatable bonds is 4. The molecule has 0 saturated heterocycles. The van der Waals surface area contributed by atoms with Crippen molar-refractivity contribution in [2.24, 2.45) is 0 Å². The fourth-order valence-corrected chi connectivity index (χ4v) is 1.79. The maximum atomic E-state index is 13.5. The van der Waals surface area contributed by atoms with Crippen molar-refractivity contribution in [3.05, 3.63) is 64.7 Å². The minimum atomic E-state index is -1.72. The van der Waals surface area contributed by atoms with Crippen LogP contribution in [0.4, 0.5) is 13.2 Å². The Morgan fingerprint density at radius 2 is 1.91 bits per heavy atom. The Balaban J connectivity index is 2.11. The van der Waals surface area contributed by atoms with Crippen LogP contribution in [0, 0.1) is 17.5 Å². The van der Waals surface area contributed by atoms with E-state index >= 15 is 0 Å². The predicted octanol–water partition coefficient (Wildman–Crippen LogP) is 2.22. The van der Waals surface area contributed by atoms with Gasteiger partial charge in [-0.1, -0.05) is 0 Å². The van der Waals surface area contributed by atoms with Crippen LogP contribution < -0.4 is 5.32 Å². The molecule has 0 atom stereocenters. The van der Waals surface area contributed by atoms with Gasteiger partial charge < -0.3 is 10.1 Å². The summed E-state index contributed by atoms with van der Waals surface area (Å²) in [7, 11) is 1.22. The van der Waals surface area contributed by atoms with E-state index in [0.717, 1.165) is 6.07 Å². The smallest absolute Gasteiger partial charge is 0.337 e. The third-order valence-electron chi connectivity index (χ3n) is 2.95. The zero-order valence-electron chi connectivity index (χ0n) is 11.9. The lowest BCUT2D eigenvalue weighted by Crippen LogP contribution is -2.25. The van der Waals surface area contributed by atoms with E-state index in [4.69, 9.17) is 0 Å². The third kappa shape index (κ3) is 3.65. The molecule has 0 radical (unpaired) electrons. The molecule has 0 aliphatic carbocycles. The summed E-state index contributed by atoms with van der Waals surface area (Å²) in [5, 5.41) is 2.30. The molecule has 0 bridgehead atoms. The van der Waals surface area contributed by atoms with Gasteiger partial charge in [0.25, 0.3) is 5.91 Å². The third-order valence-corrected chi connectivity index (χ3v) is 2.95. The first kappa shape index (κ1) is 16.5. The van der Waals surface area contributed by atoms with Crippen LogP contribution >= 0.6 is 0 Å². The number of halogens is 3. The van der Waals surface area contributed by atoms with E-state index in [2.05, 4.69) is 15.0 Å². The second-order valence-electron chi connectivity index (χ2n) is 4.43. The predicted molar refractivity (Wildman–Crippen MR) is 73.1 cm³/mol. The molecule has 0 aliphatic heterocycles. The monoisotopic (exact) mass is 324 g/mol. The van der Waals surface area contributed by atoms with Crippen molar-refractivity contribution in [1.29, 1.82) is 0 Å². The maximum absolute atomic E-state index is 13.5. The molecule has 1 amide bonds. The van der Waals surface area contributed by atoms with Crippen molar-refractivity contribution >= 4 is 11.9 Å². The molecule has 2 aromatic rings. The molecule has 1 N–H and O–H groups in total. The molecule has 23 heavy (non-hydrogen) atoms. The number of pyridine rings is 1. The van der Waals surface area contributed by atoms with Crippen molar-refractivity contribution in [2.75, 3.05) is 7.11 Å². The van der Waals surface area contributed by atoms with Gasteiger partial charge in [-0.25, -0.2) is 18.0 Å². The topological polar surface area (TPSA) is 68.3 Å². The molecule has 0 unspecified atom stereocenters. The first-order chi connectivity index (χ1) is 10.9. The zero-order chi connectivity index (χ0) is 17.0. The summed E-state index contributed by atoms with van der Waals surface area (Å²) < 4.78 is 44.0. The number of benzene rings is 1. The number of esters is 1. The van der Waals surface area contributed by atoms with Crippen LogP contribution in [0.25, 0.3) is 0 Å². The maximum Gasteiger partial charge on any atom is 0.337 e. The molecule has 1 aromatic carbocycles. The molecule has 0 spiro atoms. The Kier molecular flexibility index (Phi) is 4.95. The van der Waals surface area contributed by atoms with Crippen molar-refractivity contribution in [3.8, 4) is 0 Å². The number of carbonyl (C=O) groups excluding carboxylic acids is 2. The molecule has 120 valence electrons. The quantitative estimate of drug-likeness (QED) is 0.692. The van der Waals surface area contributed by atoms with Crippen LogP contribution in [-0.4, -0.2) is 24.0 Å². The van der Waals surface area contributed by atoms with Crippen LogP contribution in [-0.2, 0) is 11.3 Å². The molecule has 8 heteroatoms. The lowest BCUT2D eigenvalue weighted by Gasteiger charge is -2.07. The average molecular weight is 324 g/mol. The van der Waals surface area contributed by atoms with E-state index < -0.39 is 34.9 Å². The number of methoxy groups -OCH3 is 1. The van der Waals surface area contributed by atoms with Crippen LogP contribution in [0.1, 0.15) is 26.4 Å². The van der Waals surface area contributed by atoms with Gasteiger partial charge in [0.05, 0.1) is 30.5 Å². The SMILES string of the molecule is COC(=O)c1ccnc(CNC(=O)c2ccc(F)c(F)c2F)c1. The van der Waals surface area contributed by atoms with Crippen molar-refractivity contribution in [2.45, 2.75) is 6.54 Å². The molecule has 0 saturated carbocycles. The van der Waals surface area contributed by atoms with Gasteiger partial charge in [-0.15, -0.1) is 0 Å². The number of nitrogens with zero attached hydrogens (tertiary/aromatic N) is 1. The molecular formula is C15H11F3N2O3. The standard InChI is InChI=1S/C15H11F3N2O3/c1-23-15(22)8-4-5-19-9(6-8)7-20-14(21)10-2-3-11(16)13(18)12(10)17/h2-6H,7H2,1H3,(H,20,21). The summed E-state index contributed by atoms with van der Waals surface area (Å²) in [5.74, 6) is -6.19. The highest BCUT2D eigenvalue weighted by Gasteiger charge is 2.18. The zero-order valence-corrected chi connectivity index (χ0v) is 11.9. The Morgan fingerprint density at radius 1 is 1.17 bits per heavy atom. The van der Waals surface area contributed by atoms with Gasteiger partial charge in [-0.2, -0.15) is 0 Å². The van der Waals surface area contributed by atoms with Crippen LogP contribution in [0.5, 0.6) is 0 Å². The summed E-state index contributed by atoms with van der Waals surface area (Å²) in [5.41, 5.74) is -0.0944. The largest absolute Gasteiger partial charge is 0.465 e. The van der Waals surface area contributed by atoms with Gasteiger partial charge in [0.2, 0.25) is 0 Å². The Labute approximate surface area is 129 Å². The lowest BCUT2D eigenvalue weighted by atomic mass is 10.1. The lowest BCUT2D eigenvalue weighted by molar-refractivity contribution is 0.0600. The number of amides is 1. The fourth-order valence-electron chi connectivity index (χ4n) is 1.79. The summed E-state index contributed by atoms with van der Waals surface area (Å²) in [6.45, 7) is -0.137. The first-order valence-electron chi connectivity index (χ1n) is 6.39.